The number of aliphatic hydroxyl groups is 2. The number of unbranched alkanes of at least 4 members (excludes halogenated alkanes) is 28. The lowest BCUT2D eigenvalue weighted by Gasteiger charge is -2.32. The van der Waals surface area contributed by atoms with Crippen LogP contribution in [0.15, 0.2) is 0 Å². The van der Waals surface area contributed by atoms with Gasteiger partial charge in [0.05, 0.1) is 11.2 Å². The molecule has 2 nitrogen and oxygen atoms in total. The third-order valence-electron chi connectivity index (χ3n) is 12.1. The summed E-state index contributed by atoms with van der Waals surface area (Å²) < 4.78 is 0. The van der Waals surface area contributed by atoms with Gasteiger partial charge in [-0.2, -0.15) is 0 Å². The van der Waals surface area contributed by atoms with E-state index in [1.165, 1.54) is 212 Å². The molecule has 3 atom stereocenters. The Hall–Kier alpha value is -0.0800. The van der Waals surface area contributed by atoms with Gasteiger partial charge in [-0.25, -0.2) is 0 Å². The van der Waals surface area contributed by atoms with Crippen LogP contribution in [0.5, 0.6) is 0 Å². The predicted molar refractivity (Wildman–Crippen MR) is 226 cm³/mol. The molecule has 0 heterocycles. The third-order valence-corrected chi connectivity index (χ3v) is 12.1. The first-order valence-corrected chi connectivity index (χ1v) is 23.8. The van der Waals surface area contributed by atoms with Crippen molar-refractivity contribution in [1.82, 2.24) is 0 Å². The Balaban J connectivity index is 4.71. The van der Waals surface area contributed by atoms with Crippen LogP contribution in [0.3, 0.4) is 0 Å². The van der Waals surface area contributed by atoms with Crippen molar-refractivity contribution in [1.29, 1.82) is 0 Å². The maximum absolute atomic E-state index is 11.9. The van der Waals surface area contributed by atoms with E-state index < -0.39 is 11.2 Å². The highest BCUT2D eigenvalue weighted by molar-refractivity contribution is 4.82. The minimum Gasteiger partial charge on any atom is -0.390 e. The molecule has 0 rings (SSSR count). The van der Waals surface area contributed by atoms with Gasteiger partial charge in [-0.15, -0.1) is 0 Å². The van der Waals surface area contributed by atoms with E-state index in [1.807, 2.05) is 0 Å². The van der Waals surface area contributed by atoms with Crippen LogP contribution in [0.4, 0.5) is 0 Å². The van der Waals surface area contributed by atoms with E-state index in [4.69, 9.17) is 0 Å². The second-order valence-corrected chi connectivity index (χ2v) is 17.5. The highest BCUT2D eigenvalue weighted by Gasteiger charge is 2.28. The zero-order chi connectivity index (χ0) is 36.9. The molecule has 0 aliphatic heterocycles. The van der Waals surface area contributed by atoms with Crippen LogP contribution >= 0.6 is 0 Å². The molecule has 0 aliphatic rings. The minimum atomic E-state index is -0.460. The zero-order valence-electron chi connectivity index (χ0n) is 35.8. The molecular weight excluding hydrogens is 609 g/mol. The van der Waals surface area contributed by atoms with Crippen molar-refractivity contribution in [2.24, 2.45) is 5.92 Å². The number of rotatable bonds is 42. The largest absolute Gasteiger partial charge is 0.390 e. The molecule has 0 aliphatic carbocycles. The first-order chi connectivity index (χ1) is 24.3. The Morgan fingerprint density at radius 1 is 0.300 bits per heavy atom. The first kappa shape index (κ1) is 49.9. The third kappa shape index (κ3) is 33.7. The summed E-state index contributed by atoms with van der Waals surface area (Å²) in [6.07, 6.45) is 50.9. The summed E-state index contributed by atoms with van der Waals surface area (Å²) in [5, 5.41) is 23.7. The molecule has 2 heteroatoms. The van der Waals surface area contributed by atoms with E-state index in [1.54, 1.807) is 0 Å². The van der Waals surface area contributed by atoms with Crippen LogP contribution < -0.4 is 0 Å². The first-order valence-electron chi connectivity index (χ1n) is 23.8. The lowest BCUT2D eigenvalue weighted by molar-refractivity contribution is -0.00475. The maximum atomic E-state index is 11.9. The van der Waals surface area contributed by atoms with Crippen LogP contribution in [0.1, 0.15) is 291 Å². The van der Waals surface area contributed by atoms with Crippen LogP contribution in [-0.2, 0) is 0 Å². The topological polar surface area (TPSA) is 40.5 Å². The predicted octanol–water partition coefficient (Wildman–Crippen LogP) is 16.8. The smallest absolute Gasteiger partial charge is 0.0650 e. The Morgan fingerprint density at radius 2 is 0.520 bits per heavy atom. The lowest BCUT2D eigenvalue weighted by atomic mass is 9.80. The highest BCUT2D eigenvalue weighted by atomic mass is 16.3. The van der Waals surface area contributed by atoms with E-state index >= 15 is 0 Å². The molecule has 0 amide bonds. The molecule has 0 aromatic carbocycles. The van der Waals surface area contributed by atoms with E-state index in [2.05, 4.69) is 34.6 Å². The molecule has 0 spiro atoms. The monoisotopic (exact) mass is 707 g/mol. The zero-order valence-corrected chi connectivity index (χ0v) is 35.8. The summed E-state index contributed by atoms with van der Waals surface area (Å²) in [6.45, 7) is 11.6. The fourth-order valence-corrected chi connectivity index (χ4v) is 8.58. The van der Waals surface area contributed by atoms with Crippen LogP contribution in [0, 0.1) is 5.92 Å². The van der Waals surface area contributed by atoms with Gasteiger partial charge in [0.15, 0.2) is 0 Å². The molecule has 50 heavy (non-hydrogen) atoms. The van der Waals surface area contributed by atoms with Crippen molar-refractivity contribution in [3.8, 4) is 0 Å². The van der Waals surface area contributed by atoms with Gasteiger partial charge in [0.2, 0.25) is 0 Å². The van der Waals surface area contributed by atoms with Gasteiger partial charge >= 0.3 is 0 Å². The molecule has 3 unspecified atom stereocenters. The van der Waals surface area contributed by atoms with Crippen molar-refractivity contribution < 1.29 is 10.2 Å². The average Bonchev–Trinajstić information content (AvgIpc) is 3.09. The maximum Gasteiger partial charge on any atom is 0.0650 e. The summed E-state index contributed by atoms with van der Waals surface area (Å²) in [7, 11) is 0. The van der Waals surface area contributed by atoms with E-state index in [-0.39, 0.29) is 0 Å². The standard InChI is InChI=1S/C48H98O2/c1-6-10-14-18-22-26-29-35-41-47(49,40-34-28-24-20-16-12-8-3)42-38-32-33-39-46(5)45-48(50,43-36-30-25-21-17-13-9-4)44-37-31-27-23-19-15-11-7-2/h46,49-50H,6-45H2,1-5H3. The molecule has 0 radical (unpaired) electrons. The Morgan fingerprint density at radius 3 is 0.800 bits per heavy atom. The van der Waals surface area contributed by atoms with Gasteiger partial charge in [-0.05, 0) is 44.4 Å². The molecular formula is C48H98O2. The van der Waals surface area contributed by atoms with Crippen molar-refractivity contribution in [2.75, 3.05) is 0 Å². The van der Waals surface area contributed by atoms with Crippen molar-refractivity contribution in [3.05, 3.63) is 0 Å². The van der Waals surface area contributed by atoms with Crippen molar-refractivity contribution in [2.45, 2.75) is 303 Å². The van der Waals surface area contributed by atoms with Crippen molar-refractivity contribution >= 4 is 0 Å². The second-order valence-electron chi connectivity index (χ2n) is 17.5. The SMILES string of the molecule is CCCCCCCCCCC(O)(CCCCCCCCC)CCCCCC(C)CC(O)(CCCCCCCCC)CCCCCCCCCC. The van der Waals surface area contributed by atoms with Gasteiger partial charge in [-0.3, -0.25) is 0 Å². The number of hydrogen-bond donors (Lipinski definition) is 2. The fraction of sp³-hybridized carbons (Fsp3) is 1.00. The molecule has 2 N–H and O–H groups in total. The van der Waals surface area contributed by atoms with Gasteiger partial charge in [0.25, 0.3) is 0 Å². The van der Waals surface area contributed by atoms with E-state index in [9.17, 15) is 10.2 Å². The van der Waals surface area contributed by atoms with E-state index in [0.29, 0.717) is 5.92 Å². The van der Waals surface area contributed by atoms with Crippen LogP contribution in [-0.4, -0.2) is 21.4 Å². The summed E-state index contributed by atoms with van der Waals surface area (Å²) in [6, 6.07) is 0. The summed E-state index contributed by atoms with van der Waals surface area (Å²) in [5.41, 5.74) is -0.901. The fourth-order valence-electron chi connectivity index (χ4n) is 8.58. The van der Waals surface area contributed by atoms with Crippen LogP contribution in [0.25, 0.3) is 0 Å². The summed E-state index contributed by atoms with van der Waals surface area (Å²) in [4.78, 5) is 0. The number of hydrogen-bond acceptors (Lipinski definition) is 2. The molecule has 0 saturated carbocycles. The van der Waals surface area contributed by atoms with Gasteiger partial charge in [0, 0.05) is 0 Å². The second kappa shape index (κ2) is 37.2. The minimum absolute atomic E-state index is 0.440. The lowest BCUT2D eigenvalue weighted by Crippen LogP contribution is -2.31. The molecule has 0 bridgehead atoms. The molecule has 0 fully saturated rings. The van der Waals surface area contributed by atoms with Gasteiger partial charge in [0.1, 0.15) is 0 Å². The Labute approximate surface area is 317 Å². The van der Waals surface area contributed by atoms with Crippen LogP contribution in [0.2, 0.25) is 0 Å². The highest BCUT2D eigenvalue weighted by Crippen LogP contribution is 2.33. The molecule has 302 valence electrons. The van der Waals surface area contributed by atoms with Gasteiger partial charge < -0.3 is 10.2 Å². The molecule has 0 aromatic rings. The Kier molecular flexibility index (Phi) is 37.2. The van der Waals surface area contributed by atoms with Crippen molar-refractivity contribution in [3.63, 3.8) is 0 Å². The average molecular weight is 707 g/mol. The van der Waals surface area contributed by atoms with Gasteiger partial charge in [-0.1, -0.05) is 253 Å². The quantitative estimate of drug-likeness (QED) is 0.0620. The normalized spacial score (nSPS) is 14.9. The molecule has 0 aromatic heterocycles. The summed E-state index contributed by atoms with van der Waals surface area (Å²) >= 11 is 0. The Bertz CT molecular complexity index is 648. The summed E-state index contributed by atoms with van der Waals surface area (Å²) in [5.74, 6) is 0.586. The molecule has 0 saturated heterocycles. The van der Waals surface area contributed by atoms with E-state index in [0.717, 1.165) is 44.9 Å².